The highest BCUT2D eigenvalue weighted by molar-refractivity contribution is 6.30. The SMILES string of the molecule is CC1CCC(n2cc(Cl)cc2C(=O)O)C1. The van der Waals surface area contributed by atoms with E-state index < -0.39 is 5.97 Å². The highest BCUT2D eigenvalue weighted by Gasteiger charge is 2.26. The summed E-state index contributed by atoms with van der Waals surface area (Å²) in [5, 5.41) is 9.53. The molecule has 1 aliphatic carbocycles. The van der Waals surface area contributed by atoms with Gasteiger partial charge in [-0.15, -0.1) is 0 Å². The fourth-order valence-corrected chi connectivity index (χ4v) is 2.56. The fraction of sp³-hybridized carbons (Fsp3) is 0.545. The molecule has 0 saturated heterocycles. The number of carboxylic acid groups (broad SMARTS) is 1. The number of aromatic carboxylic acids is 1. The van der Waals surface area contributed by atoms with E-state index in [1.54, 1.807) is 6.20 Å². The molecule has 82 valence electrons. The highest BCUT2D eigenvalue weighted by Crippen LogP contribution is 2.36. The zero-order chi connectivity index (χ0) is 11.0. The molecule has 15 heavy (non-hydrogen) atoms. The molecule has 4 heteroatoms. The van der Waals surface area contributed by atoms with Crippen LogP contribution in [0.5, 0.6) is 0 Å². The second kappa shape index (κ2) is 3.89. The van der Waals surface area contributed by atoms with Crippen molar-refractivity contribution in [1.82, 2.24) is 4.57 Å². The van der Waals surface area contributed by atoms with E-state index in [0.29, 0.717) is 22.7 Å². The molecule has 0 aliphatic heterocycles. The van der Waals surface area contributed by atoms with Crippen LogP contribution in [0, 0.1) is 5.92 Å². The van der Waals surface area contributed by atoms with E-state index in [1.165, 1.54) is 12.5 Å². The van der Waals surface area contributed by atoms with Gasteiger partial charge < -0.3 is 9.67 Å². The third-order valence-corrected chi connectivity index (χ3v) is 3.30. The summed E-state index contributed by atoms with van der Waals surface area (Å²) in [7, 11) is 0. The Bertz CT molecular complexity index is 386. The minimum atomic E-state index is -0.901. The molecule has 0 radical (unpaired) electrons. The summed E-state index contributed by atoms with van der Waals surface area (Å²) in [6, 6.07) is 1.82. The van der Waals surface area contributed by atoms with Gasteiger partial charge in [-0.05, 0) is 31.2 Å². The van der Waals surface area contributed by atoms with E-state index in [0.717, 1.165) is 12.8 Å². The molecule has 2 atom stereocenters. The van der Waals surface area contributed by atoms with Crippen LogP contribution in [0.25, 0.3) is 0 Å². The molecule has 1 fully saturated rings. The van der Waals surface area contributed by atoms with Crippen molar-refractivity contribution in [2.45, 2.75) is 32.2 Å². The van der Waals surface area contributed by atoms with Gasteiger partial charge in [0.05, 0.1) is 5.02 Å². The monoisotopic (exact) mass is 227 g/mol. The maximum Gasteiger partial charge on any atom is 0.352 e. The van der Waals surface area contributed by atoms with Crippen LogP contribution in [0.2, 0.25) is 5.02 Å². The van der Waals surface area contributed by atoms with Crippen molar-refractivity contribution in [3.63, 3.8) is 0 Å². The Labute approximate surface area is 93.7 Å². The van der Waals surface area contributed by atoms with Gasteiger partial charge in [0, 0.05) is 12.2 Å². The van der Waals surface area contributed by atoms with Crippen molar-refractivity contribution < 1.29 is 9.90 Å². The molecular weight excluding hydrogens is 214 g/mol. The first-order valence-electron chi connectivity index (χ1n) is 5.18. The van der Waals surface area contributed by atoms with Gasteiger partial charge in [-0.25, -0.2) is 4.79 Å². The van der Waals surface area contributed by atoms with E-state index >= 15 is 0 Å². The van der Waals surface area contributed by atoms with Crippen LogP contribution in [0.4, 0.5) is 0 Å². The Hall–Kier alpha value is -0.960. The smallest absolute Gasteiger partial charge is 0.352 e. The summed E-state index contributed by atoms with van der Waals surface area (Å²) >= 11 is 5.84. The number of carbonyl (C=O) groups is 1. The van der Waals surface area contributed by atoms with Crippen molar-refractivity contribution in [3.05, 3.63) is 23.0 Å². The maximum atomic E-state index is 11.0. The summed E-state index contributed by atoms with van der Waals surface area (Å²) in [5.41, 5.74) is 0.305. The first kappa shape index (κ1) is 10.6. The third kappa shape index (κ3) is 2.02. The second-order valence-corrected chi connectivity index (χ2v) is 4.76. The van der Waals surface area contributed by atoms with Gasteiger partial charge in [-0.2, -0.15) is 0 Å². The third-order valence-electron chi connectivity index (χ3n) is 3.09. The maximum absolute atomic E-state index is 11.0. The number of halogens is 1. The Morgan fingerprint density at radius 3 is 2.87 bits per heavy atom. The number of hydrogen-bond acceptors (Lipinski definition) is 1. The molecule has 0 bridgehead atoms. The van der Waals surface area contributed by atoms with Gasteiger partial charge >= 0.3 is 5.97 Å². The highest BCUT2D eigenvalue weighted by atomic mass is 35.5. The van der Waals surface area contributed by atoms with Crippen LogP contribution >= 0.6 is 11.6 Å². The van der Waals surface area contributed by atoms with Crippen LogP contribution in [0.3, 0.4) is 0 Å². The molecule has 0 aromatic carbocycles. The van der Waals surface area contributed by atoms with E-state index in [4.69, 9.17) is 16.7 Å². The van der Waals surface area contributed by atoms with Gasteiger partial charge in [0.15, 0.2) is 0 Å². The van der Waals surface area contributed by atoms with Gasteiger partial charge in [0.2, 0.25) is 0 Å². The molecular formula is C11H14ClNO2. The molecule has 1 N–H and O–H groups in total. The minimum absolute atomic E-state index is 0.304. The zero-order valence-corrected chi connectivity index (χ0v) is 9.37. The van der Waals surface area contributed by atoms with E-state index in [1.807, 2.05) is 4.57 Å². The molecule has 0 spiro atoms. The van der Waals surface area contributed by atoms with Crippen molar-refractivity contribution in [2.75, 3.05) is 0 Å². The molecule has 1 heterocycles. The van der Waals surface area contributed by atoms with Crippen molar-refractivity contribution in [1.29, 1.82) is 0 Å². The Balaban J connectivity index is 2.30. The average Bonchev–Trinajstić information content (AvgIpc) is 2.71. The van der Waals surface area contributed by atoms with Crippen LogP contribution in [-0.4, -0.2) is 15.6 Å². The molecule has 1 aromatic heterocycles. The van der Waals surface area contributed by atoms with Crippen molar-refractivity contribution in [2.24, 2.45) is 5.92 Å². The zero-order valence-electron chi connectivity index (χ0n) is 8.61. The molecule has 0 amide bonds. The van der Waals surface area contributed by atoms with Gasteiger partial charge in [0.1, 0.15) is 5.69 Å². The normalized spacial score (nSPS) is 25.7. The number of hydrogen-bond donors (Lipinski definition) is 1. The van der Waals surface area contributed by atoms with Crippen LogP contribution in [-0.2, 0) is 0 Å². The summed E-state index contributed by atoms with van der Waals surface area (Å²) < 4.78 is 1.81. The average molecular weight is 228 g/mol. The molecule has 1 aliphatic rings. The largest absolute Gasteiger partial charge is 0.477 e. The number of rotatable bonds is 2. The minimum Gasteiger partial charge on any atom is -0.477 e. The lowest BCUT2D eigenvalue weighted by atomic mass is 10.1. The van der Waals surface area contributed by atoms with Gasteiger partial charge in [-0.3, -0.25) is 0 Å². The van der Waals surface area contributed by atoms with Gasteiger partial charge in [-0.1, -0.05) is 18.5 Å². The fourth-order valence-electron chi connectivity index (χ4n) is 2.35. The van der Waals surface area contributed by atoms with Crippen LogP contribution in [0.15, 0.2) is 12.3 Å². The summed E-state index contributed by atoms with van der Waals surface area (Å²) in [5.74, 6) is -0.223. The quantitative estimate of drug-likeness (QED) is 0.843. The second-order valence-electron chi connectivity index (χ2n) is 4.33. The first-order valence-corrected chi connectivity index (χ1v) is 5.56. The van der Waals surface area contributed by atoms with E-state index in [2.05, 4.69) is 6.92 Å². The van der Waals surface area contributed by atoms with Crippen LogP contribution in [0.1, 0.15) is 42.7 Å². The standard InChI is InChI=1S/C11H14ClNO2/c1-7-2-3-9(4-7)13-6-8(12)5-10(13)11(14)15/h5-7,9H,2-4H2,1H3,(H,14,15). The number of aromatic nitrogens is 1. The summed E-state index contributed by atoms with van der Waals surface area (Å²) in [6.45, 7) is 2.20. The Morgan fingerprint density at radius 2 is 2.33 bits per heavy atom. The Kier molecular flexibility index (Phi) is 2.74. The lowest BCUT2D eigenvalue weighted by Gasteiger charge is -2.14. The van der Waals surface area contributed by atoms with Gasteiger partial charge in [0.25, 0.3) is 0 Å². The summed E-state index contributed by atoms with van der Waals surface area (Å²) in [6.07, 6.45) is 4.99. The molecule has 1 saturated carbocycles. The van der Waals surface area contributed by atoms with E-state index in [9.17, 15) is 4.79 Å². The number of carboxylic acids is 1. The number of nitrogens with zero attached hydrogens (tertiary/aromatic N) is 1. The van der Waals surface area contributed by atoms with E-state index in [-0.39, 0.29) is 0 Å². The molecule has 1 aromatic rings. The Morgan fingerprint density at radius 1 is 1.60 bits per heavy atom. The molecule has 3 nitrogen and oxygen atoms in total. The predicted molar refractivity (Wildman–Crippen MR) is 58.5 cm³/mol. The van der Waals surface area contributed by atoms with Crippen molar-refractivity contribution >= 4 is 17.6 Å². The first-order chi connectivity index (χ1) is 7.08. The summed E-state index contributed by atoms with van der Waals surface area (Å²) in [4.78, 5) is 11.0. The van der Waals surface area contributed by atoms with Crippen LogP contribution < -0.4 is 0 Å². The van der Waals surface area contributed by atoms with Crippen molar-refractivity contribution in [3.8, 4) is 0 Å². The molecule has 2 rings (SSSR count). The predicted octanol–water partition coefficient (Wildman–Crippen LogP) is 3.20. The topological polar surface area (TPSA) is 42.2 Å². The lowest BCUT2D eigenvalue weighted by molar-refractivity contribution is 0.0682. The lowest BCUT2D eigenvalue weighted by Crippen LogP contribution is -2.12. The molecule has 2 unspecified atom stereocenters.